The molecule has 1 aliphatic carbocycles. The second kappa shape index (κ2) is 16.5. The standard InChI is InChI=1S/C37H45ClN4O10/c1-20-9-7-6-8-10-24-22(16-38)18-42(27(24)15-28(20)50-35-32(46)31(45)33(49-5)29(19-43)51-35)34(47)26-14-21-13-23(11-12-25(21)41-26)40-30(44)17-39-36(48)52-37(2,3)4/h6-9,11-15,22,29,31-33,35,41,43,45-46H,1,10,16-19H2,2-5H3,(H,39,48)(H,40,44)/b8-6-,9-7-,28-15?/t22?,29?,31?,32-,33-,35+/m0/s1. The van der Waals surface area contributed by atoms with Crippen molar-refractivity contribution in [3.8, 4) is 0 Å². The van der Waals surface area contributed by atoms with Crippen LogP contribution < -0.4 is 10.6 Å². The number of hydrogen-bond acceptors (Lipinski definition) is 10. The molecule has 52 heavy (non-hydrogen) atoms. The van der Waals surface area contributed by atoms with E-state index >= 15 is 0 Å². The Hall–Kier alpha value is -4.44. The maximum Gasteiger partial charge on any atom is 0.408 e. The van der Waals surface area contributed by atoms with Crippen molar-refractivity contribution in [3.63, 3.8) is 0 Å². The number of H-pyrrole nitrogens is 1. The van der Waals surface area contributed by atoms with Gasteiger partial charge in [0.2, 0.25) is 12.2 Å². The third kappa shape index (κ3) is 8.95. The Morgan fingerprint density at radius 3 is 2.62 bits per heavy atom. The Labute approximate surface area is 306 Å². The Morgan fingerprint density at radius 1 is 1.15 bits per heavy atom. The van der Waals surface area contributed by atoms with Gasteiger partial charge in [0.15, 0.2) is 0 Å². The number of hydrogen-bond donors (Lipinski definition) is 6. The highest BCUT2D eigenvalue weighted by Crippen LogP contribution is 2.37. The van der Waals surface area contributed by atoms with Crippen molar-refractivity contribution in [3.05, 3.63) is 89.5 Å². The molecule has 6 atom stereocenters. The lowest BCUT2D eigenvalue weighted by atomic mass is 9.97. The fourth-order valence-electron chi connectivity index (χ4n) is 6.15. The van der Waals surface area contributed by atoms with Crippen LogP contribution in [0.25, 0.3) is 10.9 Å². The Bertz CT molecular complexity index is 1810. The van der Waals surface area contributed by atoms with Crippen molar-refractivity contribution in [1.29, 1.82) is 0 Å². The Kier molecular flexibility index (Phi) is 12.3. The number of aromatic nitrogens is 1. The number of anilines is 1. The zero-order valence-corrected chi connectivity index (χ0v) is 30.2. The zero-order chi connectivity index (χ0) is 37.7. The van der Waals surface area contributed by atoms with Gasteiger partial charge in [-0.25, -0.2) is 4.79 Å². The number of carbonyl (C=O) groups excluding carboxylic acids is 3. The summed E-state index contributed by atoms with van der Waals surface area (Å²) in [4.78, 5) is 43.5. The van der Waals surface area contributed by atoms with E-state index in [0.29, 0.717) is 34.3 Å². The van der Waals surface area contributed by atoms with Gasteiger partial charge in [-0.2, -0.15) is 0 Å². The normalized spacial score (nSPS) is 26.3. The topological polar surface area (TPSA) is 192 Å². The number of aliphatic hydroxyl groups is 3. The van der Waals surface area contributed by atoms with Crippen LogP contribution in [0.1, 0.15) is 37.7 Å². The lowest BCUT2D eigenvalue weighted by Crippen LogP contribution is -2.59. The molecule has 3 unspecified atom stereocenters. The molecule has 5 rings (SSSR count). The highest BCUT2D eigenvalue weighted by molar-refractivity contribution is 6.18. The van der Waals surface area contributed by atoms with E-state index in [9.17, 15) is 29.7 Å². The summed E-state index contributed by atoms with van der Waals surface area (Å²) in [7, 11) is 1.34. The van der Waals surface area contributed by atoms with Crippen molar-refractivity contribution >= 4 is 46.1 Å². The minimum absolute atomic E-state index is 0.161. The molecule has 0 spiro atoms. The summed E-state index contributed by atoms with van der Waals surface area (Å²) in [6.07, 6.45) is 2.37. The Balaban J connectivity index is 1.40. The number of rotatable bonds is 9. The van der Waals surface area contributed by atoms with Gasteiger partial charge >= 0.3 is 6.09 Å². The number of allylic oxidation sites excluding steroid dienone is 5. The number of fused-ring (bicyclic) bond motifs is 1. The molecular formula is C37H45ClN4O10. The number of alkyl halides is 1. The molecule has 1 saturated heterocycles. The van der Waals surface area contributed by atoms with Crippen LogP contribution in [0.2, 0.25) is 0 Å². The summed E-state index contributed by atoms with van der Waals surface area (Å²) in [6.45, 7) is 8.77. The van der Waals surface area contributed by atoms with Crippen LogP contribution in [0.15, 0.2) is 83.8 Å². The van der Waals surface area contributed by atoms with Gasteiger partial charge in [-0.05, 0) is 57.0 Å². The number of aliphatic hydroxyl groups excluding tert-OH is 3. The van der Waals surface area contributed by atoms with Crippen molar-refractivity contribution in [2.24, 2.45) is 5.92 Å². The molecule has 2 aromatic rings. The molecule has 2 aliphatic heterocycles. The predicted octanol–water partition coefficient (Wildman–Crippen LogP) is 3.62. The minimum atomic E-state index is -1.53. The first-order chi connectivity index (χ1) is 24.7. The van der Waals surface area contributed by atoms with Crippen LogP contribution in [0, 0.1) is 5.92 Å². The van der Waals surface area contributed by atoms with Gasteiger partial charge in [0.25, 0.3) is 5.91 Å². The van der Waals surface area contributed by atoms with E-state index in [-0.39, 0.29) is 42.2 Å². The number of amides is 3. The number of nitrogens with one attached hydrogen (secondary N) is 3. The first kappa shape index (κ1) is 38.8. The van der Waals surface area contributed by atoms with E-state index in [4.69, 9.17) is 30.5 Å². The molecule has 3 aliphatic rings. The van der Waals surface area contributed by atoms with E-state index in [1.54, 1.807) is 68.2 Å². The van der Waals surface area contributed by atoms with Crippen LogP contribution in [-0.2, 0) is 23.7 Å². The van der Waals surface area contributed by atoms with Gasteiger partial charge in [-0.15, -0.1) is 11.6 Å². The maximum atomic E-state index is 14.3. The molecule has 0 radical (unpaired) electrons. The van der Waals surface area contributed by atoms with Gasteiger partial charge in [-0.3, -0.25) is 9.59 Å². The maximum absolute atomic E-state index is 14.3. The van der Waals surface area contributed by atoms with E-state index in [1.807, 2.05) is 12.2 Å². The number of benzene rings is 1. The van der Waals surface area contributed by atoms with Gasteiger partial charge in [0, 0.05) is 59.4 Å². The summed E-state index contributed by atoms with van der Waals surface area (Å²) in [5.74, 6) is -0.608. The first-order valence-electron chi connectivity index (χ1n) is 16.8. The number of ether oxygens (including phenoxy) is 4. The first-order valence-corrected chi connectivity index (χ1v) is 17.3. The van der Waals surface area contributed by atoms with E-state index in [0.717, 1.165) is 5.57 Å². The minimum Gasteiger partial charge on any atom is -0.461 e. The second-order valence-electron chi connectivity index (χ2n) is 13.6. The SMILES string of the molecule is C=C1/C=C\C=C/CC2=C(C=C1O[C@@H]1OC(CO)[C@H](OC)C(O)[C@@H]1O)N(C(=O)c1cc3cc(NC(=O)CNC(=O)OC(C)(C)C)ccc3[nH]1)CC2CCl. The highest BCUT2D eigenvalue weighted by atomic mass is 35.5. The zero-order valence-electron chi connectivity index (χ0n) is 29.4. The number of halogens is 1. The lowest BCUT2D eigenvalue weighted by molar-refractivity contribution is -0.294. The van der Waals surface area contributed by atoms with Crippen molar-refractivity contribution in [1.82, 2.24) is 15.2 Å². The van der Waals surface area contributed by atoms with Crippen LogP contribution in [0.4, 0.5) is 10.5 Å². The van der Waals surface area contributed by atoms with Crippen LogP contribution in [-0.4, -0.2) is 112 Å². The number of carbonyl (C=O) groups is 3. The van der Waals surface area contributed by atoms with E-state index in [2.05, 4.69) is 22.2 Å². The fourth-order valence-corrected chi connectivity index (χ4v) is 6.43. The summed E-state index contributed by atoms with van der Waals surface area (Å²) in [5, 5.41) is 37.3. The van der Waals surface area contributed by atoms with Crippen LogP contribution in [0.5, 0.6) is 0 Å². The molecule has 14 nitrogen and oxygen atoms in total. The lowest BCUT2D eigenvalue weighted by Gasteiger charge is -2.41. The summed E-state index contributed by atoms with van der Waals surface area (Å²) in [5.41, 5.74) is 2.48. The summed E-state index contributed by atoms with van der Waals surface area (Å²) < 4.78 is 22.4. The molecule has 280 valence electrons. The third-order valence-electron chi connectivity index (χ3n) is 8.68. The van der Waals surface area contributed by atoms with Crippen LogP contribution >= 0.6 is 11.6 Å². The summed E-state index contributed by atoms with van der Waals surface area (Å²) >= 11 is 6.45. The fraction of sp³-hybridized carbons (Fsp3) is 0.432. The van der Waals surface area contributed by atoms with Gasteiger partial charge < -0.3 is 54.8 Å². The third-order valence-corrected chi connectivity index (χ3v) is 9.05. The number of alkyl carbamates (subject to hydrolysis) is 1. The quantitative estimate of drug-likeness (QED) is 0.207. The molecule has 3 amide bonds. The molecule has 1 fully saturated rings. The molecule has 15 heteroatoms. The van der Waals surface area contributed by atoms with Crippen molar-refractivity contribution < 1.29 is 48.7 Å². The molecule has 6 N–H and O–H groups in total. The van der Waals surface area contributed by atoms with Crippen LogP contribution in [0.3, 0.4) is 0 Å². The molecule has 1 aromatic heterocycles. The molecule has 1 aromatic carbocycles. The number of nitrogens with zero attached hydrogens (tertiary/aromatic N) is 1. The molecule has 3 heterocycles. The average Bonchev–Trinajstić information content (AvgIpc) is 3.68. The average molecular weight is 741 g/mol. The van der Waals surface area contributed by atoms with E-state index in [1.165, 1.54) is 7.11 Å². The summed E-state index contributed by atoms with van der Waals surface area (Å²) in [6, 6.07) is 6.79. The Morgan fingerprint density at radius 2 is 1.92 bits per heavy atom. The largest absolute Gasteiger partial charge is 0.461 e. The van der Waals surface area contributed by atoms with E-state index < -0.39 is 54.9 Å². The number of aromatic amines is 1. The molecule has 0 saturated carbocycles. The monoisotopic (exact) mass is 740 g/mol. The highest BCUT2D eigenvalue weighted by Gasteiger charge is 2.46. The van der Waals surface area contributed by atoms with Crippen molar-refractivity contribution in [2.75, 3.05) is 38.0 Å². The predicted molar refractivity (Wildman–Crippen MR) is 193 cm³/mol. The smallest absolute Gasteiger partial charge is 0.408 e. The second-order valence-corrected chi connectivity index (χ2v) is 13.9. The van der Waals surface area contributed by atoms with Gasteiger partial charge in [-0.1, -0.05) is 30.9 Å². The van der Waals surface area contributed by atoms with Gasteiger partial charge in [0.05, 0.1) is 6.61 Å². The van der Waals surface area contributed by atoms with Crippen molar-refractivity contribution in [2.45, 2.75) is 63.5 Å². The number of methoxy groups -OCH3 is 1. The molecule has 0 bridgehead atoms. The molecular weight excluding hydrogens is 696 g/mol. The van der Waals surface area contributed by atoms with Gasteiger partial charge in [0.1, 0.15) is 48.0 Å².